The van der Waals surface area contributed by atoms with Crippen molar-refractivity contribution in [3.8, 4) is 5.75 Å². The minimum absolute atomic E-state index is 0.0445. The third-order valence-electron chi connectivity index (χ3n) is 5.52. The largest absolute Gasteiger partial charge is 0.478 e. The van der Waals surface area contributed by atoms with Gasteiger partial charge in [0.15, 0.2) is 6.10 Å². The molecule has 0 radical (unpaired) electrons. The molecule has 33 heavy (non-hydrogen) atoms. The molecule has 2 aliphatic rings. The number of nitrogens with one attached hydrogen (secondary N) is 2. The van der Waals surface area contributed by atoms with Crippen molar-refractivity contribution in [2.24, 2.45) is 0 Å². The molecule has 0 spiro atoms. The molecule has 2 aliphatic heterocycles. The molecule has 4 rings (SSSR count). The van der Waals surface area contributed by atoms with Crippen LogP contribution < -0.4 is 15.4 Å². The number of thiophene rings is 1. The molecule has 3 heterocycles. The van der Waals surface area contributed by atoms with E-state index < -0.39 is 16.1 Å². The van der Waals surface area contributed by atoms with Crippen LogP contribution in [0.1, 0.15) is 23.0 Å². The van der Waals surface area contributed by atoms with Gasteiger partial charge in [0.1, 0.15) is 5.75 Å². The zero-order valence-corrected chi connectivity index (χ0v) is 19.6. The molecule has 1 aromatic carbocycles. The first-order valence-electron chi connectivity index (χ1n) is 10.5. The number of benzene rings is 1. The van der Waals surface area contributed by atoms with Crippen LogP contribution in [0.4, 0.5) is 5.69 Å². The van der Waals surface area contributed by atoms with Crippen LogP contribution in [0.5, 0.6) is 5.75 Å². The lowest BCUT2D eigenvalue weighted by molar-refractivity contribution is -0.131. The number of rotatable bonds is 6. The Hall–Kier alpha value is -2.96. The van der Waals surface area contributed by atoms with E-state index in [-0.39, 0.29) is 55.3 Å². The smallest absolute Gasteiger partial charge is 0.265 e. The Morgan fingerprint density at radius 3 is 2.64 bits per heavy atom. The van der Waals surface area contributed by atoms with E-state index in [4.69, 9.17) is 4.74 Å². The van der Waals surface area contributed by atoms with Gasteiger partial charge in [-0.05, 0) is 36.1 Å². The number of sulfonamides is 1. The molecular formula is C21H24N4O6S2. The summed E-state index contributed by atoms with van der Waals surface area (Å²) < 4.78 is 33.1. The van der Waals surface area contributed by atoms with E-state index >= 15 is 0 Å². The summed E-state index contributed by atoms with van der Waals surface area (Å²) in [4.78, 5) is 38.6. The topological polar surface area (TPSA) is 125 Å². The molecule has 1 aromatic heterocycles. The number of hydrogen-bond acceptors (Lipinski definition) is 7. The maximum atomic E-state index is 13.1. The van der Waals surface area contributed by atoms with Gasteiger partial charge in [-0.1, -0.05) is 13.0 Å². The number of carbonyl (C=O) groups is 3. The van der Waals surface area contributed by atoms with Crippen molar-refractivity contribution < 1.29 is 27.5 Å². The maximum Gasteiger partial charge on any atom is 0.265 e. The van der Waals surface area contributed by atoms with Crippen LogP contribution in [0, 0.1) is 0 Å². The first-order chi connectivity index (χ1) is 15.8. The molecule has 0 bridgehead atoms. The normalized spacial score (nSPS) is 18.8. The predicted molar refractivity (Wildman–Crippen MR) is 122 cm³/mol. The maximum absolute atomic E-state index is 13.1. The van der Waals surface area contributed by atoms with E-state index in [1.165, 1.54) is 32.7 Å². The number of piperazine rings is 1. The Morgan fingerprint density at radius 2 is 1.97 bits per heavy atom. The summed E-state index contributed by atoms with van der Waals surface area (Å²) in [5.74, 6) is -0.456. The van der Waals surface area contributed by atoms with E-state index in [2.05, 4.69) is 10.6 Å². The van der Waals surface area contributed by atoms with E-state index in [1.807, 2.05) is 6.92 Å². The molecular weight excluding hydrogens is 468 g/mol. The quantitative estimate of drug-likeness (QED) is 0.623. The van der Waals surface area contributed by atoms with Crippen LogP contribution in [-0.2, 0) is 19.6 Å². The summed E-state index contributed by atoms with van der Waals surface area (Å²) in [7, 11) is -3.82. The molecule has 2 aromatic rings. The fraction of sp³-hybridized carbons (Fsp3) is 0.381. The van der Waals surface area contributed by atoms with Gasteiger partial charge in [-0.25, -0.2) is 8.42 Å². The highest BCUT2D eigenvalue weighted by atomic mass is 32.2. The number of anilines is 1. The number of carbonyl (C=O) groups excluding carboxylic acids is 3. The minimum Gasteiger partial charge on any atom is -0.478 e. The molecule has 3 amide bonds. The molecule has 176 valence electrons. The third kappa shape index (κ3) is 4.87. The fourth-order valence-electron chi connectivity index (χ4n) is 3.65. The lowest BCUT2D eigenvalue weighted by Crippen LogP contribution is -2.52. The number of amides is 3. The van der Waals surface area contributed by atoms with E-state index in [0.717, 1.165) is 0 Å². The lowest BCUT2D eigenvalue weighted by atomic mass is 10.2. The van der Waals surface area contributed by atoms with Gasteiger partial charge in [0, 0.05) is 26.2 Å². The molecule has 1 unspecified atom stereocenters. The standard InChI is InChI=1S/C21H24N4O6S2/c1-2-16-20(27)23-15-12-14(5-6-17(15)31-16)33(29,30)25-9-7-24(8-10-25)19(26)13-22-21(28)18-4-3-11-32-18/h3-6,11-12,16H,2,7-10,13H2,1H3,(H,22,28)(H,23,27). The fourth-order valence-corrected chi connectivity index (χ4v) is 5.74. The van der Waals surface area contributed by atoms with Crippen LogP contribution in [0.25, 0.3) is 0 Å². The van der Waals surface area contributed by atoms with Crippen molar-refractivity contribution in [2.45, 2.75) is 24.3 Å². The Balaban J connectivity index is 1.35. The van der Waals surface area contributed by atoms with Gasteiger partial charge in [-0.3, -0.25) is 14.4 Å². The first kappa shape index (κ1) is 23.2. The molecule has 0 saturated carbocycles. The Bertz CT molecular complexity index is 1160. The molecule has 2 N–H and O–H groups in total. The highest BCUT2D eigenvalue weighted by Crippen LogP contribution is 2.33. The average Bonchev–Trinajstić information content (AvgIpc) is 3.36. The van der Waals surface area contributed by atoms with Crippen LogP contribution in [0.15, 0.2) is 40.6 Å². The Kier molecular flexibility index (Phi) is 6.68. The summed E-state index contributed by atoms with van der Waals surface area (Å²) in [6.07, 6.45) is -0.0906. The van der Waals surface area contributed by atoms with Gasteiger partial charge in [-0.2, -0.15) is 4.31 Å². The van der Waals surface area contributed by atoms with Gasteiger partial charge in [0.25, 0.3) is 11.8 Å². The summed E-state index contributed by atoms with van der Waals surface area (Å²) in [5, 5.41) is 7.07. The molecule has 1 saturated heterocycles. The van der Waals surface area contributed by atoms with Crippen molar-refractivity contribution in [2.75, 3.05) is 38.0 Å². The number of hydrogen-bond donors (Lipinski definition) is 2. The lowest BCUT2D eigenvalue weighted by Gasteiger charge is -2.34. The third-order valence-corrected chi connectivity index (χ3v) is 8.28. The second-order valence-electron chi connectivity index (χ2n) is 7.61. The molecule has 10 nitrogen and oxygen atoms in total. The second-order valence-corrected chi connectivity index (χ2v) is 10.5. The van der Waals surface area contributed by atoms with Gasteiger partial charge in [0.05, 0.1) is 22.0 Å². The summed E-state index contributed by atoms with van der Waals surface area (Å²) >= 11 is 1.29. The van der Waals surface area contributed by atoms with Gasteiger partial charge >= 0.3 is 0 Å². The van der Waals surface area contributed by atoms with Gasteiger partial charge in [-0.15, -0.1) is 11.3 Å². The van der Waals surface area contributed by atoms with Crippen LogP contribution >= 0.6 is 11.3 Å². The van der Waals surface area contributed by atoms with Crippen LogP contribution in [-0.4, -0.2) is 74.2 Å². The van der Waals surface area contributed by atoms with Crippen molar-refractivity contribution >= 4 is 44.8 Å². The summed E-state index contributed by atoms with van der Waals surface area (Å²) in [6, 6.07) is 7.82. The molecule has 0 aliphatic carbocycles. The second kappa shape index (κ2) is 9.49. The van der Waals surface area contributed by atoms with Gasteiger partial charge < -0.3 is 20.3 Å². The van der Waals surface area contributed by atoms with Crippen molar-refractivity contribution in [3.05, 3.63) is 40.6 Å². The van der Waals surface area contributed by atoms with E-state index in [0.29, 0.717) is 22.7 Å². The van der Waals surface area contributed by atoms with E-state index in [9.17, 15) is 22.8 Å². The summed E-state index contributed by atoms with van der Waals surface area (Å²) in [6.45, 7) is 2.38. The van der Waals surface area contributed by atoms with E-state index in [1.54, 1.807) is 23.6 Å². The minimum atomic E-state index is -3.82. The molecule has 1 fully saturated rings. The first-order valence-corrected chi connectivity index (χ1v) is 12.8. The van der Waals surface area contributed by atoms with Crippen LogP contribution in [0.2, 0.25) is 0 Å². The van der Waals surface area contributed by atoms with Crippen molar-refractivity contribution in [1.29, 1.82) is 0 Å². The Morgan fingerprint density at radius 1 is 1.21 bits per heavy atom. The highest BCUT2D eigenvalue weighted by molar-refractivity contribution is 7.89. The SMILES string of the molecule is CCC1Oc2ccc(S(=O)(=O)N3CCN(C(=O)CNC(=O)c4cccs4)CC3)cc2NC1=O. The number of nitrogens with zero attached hydrogens (tertiary/aromatic N) is 2. The molecule has 12 heteroatoms. The summed E-state index contributed by atoms with van der Waals surface area (Å²) in [5.41, 5.74) is 0.320. The zero-order chi connectivity index (χ0) is 23.6. The van der Waals surface area contributed by atoms with Crippen molar-refractivity contribution in [1.82, 2.24) is 14.5 Å². The predicted octanol–water partition coefficient (Wildman–Crippen LogP) is 1.12. The zero-order valence-electron chi connectivity index (χ0n) is 17.9. The highest BCUT2D eigenvalue weighted by Gasteiger charge is 2.32. The Labute approximate surface area is 195 Å². The molecule has 1 atom stereocenters. The number of ether oxygens (including phenoxy) is 1. The van der Waals surface area contributed by atoms with Crippen molar-refractivity contribution in [3.63, 3.8) is 0 Å². The van der Waals surface area contributed by atoms with Crippen LogP contribution in [0.3, 0.4) is 0 Å². The number of fused-ring (bicyclic) bond motifs is 1. The van der Waals surface area contributed by atoms with Gasteiger partial charge in [0.2, 0.25) is 15.9 Å². The monoisotopic (exact) mass is 492 g/mol. The average molecular weight is 493 g/mol.